The van der Waals surface area contributed by atoms with Crippen LogP contribution in [0.15, 0.2) is 0 Å². The average Bonchev–Trinajstić information content (AvgIpc) is 2.78. The summed E-state index contributed by atoms with van der Waals surface area (Å²) in [5.41, 5.74) is -1.59. The zero-order chi connectivity index (χ0) is 19.5. The van der Waals surface area contributed by atoms with Gasteiger partial charge in [-0.3, -0.25) is 19.3 Å². The molecule has 2 rings (SSSR count). The number of urea groups is 1. The predicted octanol–water partition coefficient (Wildman–Crippen LogP) is 1.64. The Morgan fingerprint density at radius 2 is 1.92 bits per heavy atom. The van der Waals surface area contributed by atoms with Gasteiger partial charge in [-0.25, -0.2) is 4.79 Å². The van der Waals surface area contributed by atoms with Crippen molar-refractivity contribution in [2.75, 3.05) is 6.54 Å². The van der Waals surface area contributed by atoms with E-state index in [1.54, 1.807) is 13.8 Å². The molecular weight excluding hydrogens is 338 g/mol. The number of amides is 4. The zero-order valence-electron chi connectivity index (χ0n) is 15.8. The number of aliphatic carboxylic acids is 1. The number of nitrogens with zero attached hydrogens (tertiary/aromatic N) is 1. The molecule has 0 atom stereocenters. The van der Waals surface area contributed by atoms with Crippen molar-refractivity contribution < 1.29 is 24.3 Å². The number of hydrogen-bond donors (Lipinski definition) is 3. The molecule has 0 unspecified atom stereocenters. The average molecular weight is 367 g/mol. The minimum absolute atomic E-state index is 0.0713. The third-order valence-corrected chi connectivity index (χ3v) is 5.53. The maximum Gasteiger partial charge on any atom is 0.325 e. The largest absolute Gasteiger partial charge is 0.481 e. The lowest BCUT2D eigenvalue weighted by Gasteiger charge is -2.34. The van der Waals surface area contributed by atoms with E-state index in [1.165, 1.54) is 0 Å². The van der Waals surface area contributed by atoms with Crippen LogP contribution in [0.3, 0.4) is 0 Å². The highest BCUT2D eigenvalue weighted by Crippen LogP contribution is 2.37. The summed E-state index contributed by atoms with van der Waals surface area (Å²) >= 11 is 0. The summed E-state index contributed by atoms with van der Waals surface area (Å²) in [4.78, 5) is 49.0. The quantitative estimate of drug-likeness (QED) is 0.592. The van der Waals surface area contributed by atoms with E-state index in [2.05, 4.69) is 17.6 Å². The van der Waals surface area contributed by atoms with E-state index >= 15 is 0 Å². The van der Waals surface area contributed by atoms with Crippen LogP contribution >= 0.6 is 0 Å². The number of hydrogen-bond acceptors (Lipinski definition) is 4. The second-order valence-electron chi connectivity index (χ2n) is 8.08. The molecule has 2 aliphatic rings. The van der Waals surface area contributed by atoms with Crippen LogP contribution in [0.1, 0.15) is 65.7 Å². The van der Waals surface area contributed by atoms with Crippen LogP contribution in [0.4, 0.5) is 4.79 Å². The summed E-state index contributed by atoms with van der Waals surface area (Å²) < 4.78 is 0. The van der Waals surface area contributed by atoms with Gasteiger partial charge in [0.1, 0.15) is 12.1 Å². The molecule has 0 aromatic carbocycles. The van der Waals surface area contributed by atoms with Crippen molar-refractivity contribution in [2.24, 2.45) is 5.92 Å². The summed E-state index contributed by atoms with van der Waals surface area (Å²) in [5, 5.41) is 14.3. The highest BCUT2D eigenvalue weighted by Gasteiger charge is 2.52. The standard InChI is InChI=1S/C18H29N3O5/c1-4-12-5-9-18(10-6-12)15(25)21(16(26)20-18)11-13(22)19-17(2,3)8-7-14(23)24/h12H,4-11H2,1-3H3,(H,19,22)(H,20,26)(H,23,24). The highest BCUT2D eigenvalue weighted by atomic mass is 16.4. The molecule has 146 valence electrons. The van der Waals surface area contributed by atoms with Gasteiger partial charge >= 0.3 is 12.0 Å². The molecule has 1 aliphatic carbocycles. The maximum absolute atomic E-state index is 12.8. The molecule has 0 radical (unpaired) electrons. The number of carbonyl (C=O) groups excluding carboxylic acids is 3. The third kappa shape index (κ3) is 4.53. The Labute approximate surface area is 153 Å². The molecule has 2 fully saturated rings. The van der Waals surface area contributed by atoms with Crippen LogP contribution in [-0.4, -0.2) is 51.4 Å². The van der Waals surface area contributed by atoms with E-state index in [-0.39, 0.29) is 25.3 Å². The molecule has 1 spiro atoms. The van der Waals surface area contributed by atoms with E-state index in [1.807, 2.05) is 0 Å². The summed E-state index contributed by atoms with van der Waals surface area (Å²) in [6, 6.07) is -0.525. The number of rotatable bonds is 7. The summed E-state index contributed by atoms with van der Waals surface area (Å²) in [6.07, 6.45) is 4.26. The van der Waals surface area contributed by atoms with Gasteiger partial charge in [0.2, 0.25) is 5.91 Å². The fraction of sp³-hybridized carbons (Fsp3) is 0.778. The van der Waals surface area contributed by atoms with Crippen molar-refractivity contribution in [1.29, 1.82) is 0 Å². The van der Waals surface area contributed by atoms with Crippen LogP contribution in [0.5, 0.6) is 0 Å². The van der Waals surface area contributed by atoms with Gasteiger partial charge in [-0.05, 0) is 51.9 Å². The van der Waals surface area contributed by atoms with E-state index in [0.717, 1.165) is 24.2 Å². The van der Waals surface area contributed by atoms with Gasteiger partial charge in [0, 0.05) is 12.0 Å². The van der Waals surface area contributed by atoms with Gasteiger partial charge < -0.3 is 15.7 Å². The van der Waals surface area contributed by atoms with Crippen molar-refractivity contribution in [3.05, 3.63) is 0 Å². The lowest BCUT2D eigenvalue weighted by Crippen LogP contribution is -2.51. The molecule has 1 heterocycles. The molecule has 8 nitrogen and oxygen atoms in total. The van der Waals surface area contributed by atoms with Crippen LogP contribution in [0.25, 0.3) is 0 Å². The minimum atomic E-state index is -0.939. The molecule has 1 saturated carbocycles. The molecule has 0 bridgehead atoms. The maximum atomic E-state index is 12.8. The number of imide groups is 1. The van der Waals surface area contributed by atoms with Crippen LogP contribution in [-0.2, 0) is 14.4 Å². The number of carboxylic acids is 1. The van der Waals surface area contributed by atoms with Crippen molar-refractivity contribution in [2.45, 2.75) is 76.8 Å². The summed E-state index contributed by atoms with van der Waals surface area (Å²) in [5.74, 6) is -1.15. The number of carbonyl (C=O) groups is 4. The summed E-state index contributed by atoms with van der Waals surface area (Å²) in [7, 11) is 0. The first-order chi connectivity index (χ1) is 12.1. The van der Waals surface area contributed by atoms with E-state index in [9.17, 15) is 19.2 Å². The molecule has 0 aromatic rings. The number of nitrogens with one attached hydrogen (secondary N) is 2. The van der Waals surface area contributed by atoms with Crippen molar-refractivity contribution in [3.8, 4) is 0 Å². The second kappa shape index (κ2) is 7.63. The zero-order valence-corrected chi connectivity index (χ0v) is 15.8. The molecule has 8 heteroatoms. The molecule has 0 aromatic heterocycles. The van der Waals surface area contributed by atoms with Crippen LogP contribution in [0, 0.1) is 5.92 Å². The van der Waals surface area contributed by atoms with Crippen LogP contribution < -0.4 is 10.6 Å². The first-order valence-electron chi connectivity index (χ1n) is 9.25. The van der Waals surface area contributed by atoms with Gasteiger partial charge in [0.15, 0.2) is 0 Å². The van der Waals surface area contributed by atoms with Gasteiger partial charge in [0.25, 0.3) is 5.91 Å². The van der Waals surface area contributed by atoms with Crippen molar-refractivity contribution >= 4 is 23.8 Å². The Hall–Kier alpha value is -2.12. The SMILES string of the molecule is CCC1CCC2(CC1)NC(=O)N(CC(=O)NC(C)(C)CCC(=O)O)C2=O. The van der Waals surface area contributed by atoms with Crippen molar-refractivity contribution in [3.63, 3.8) is 0 Å². The van der Waals surface area contributed by atoms with Crippen molar-refractivity contribution in [1.82, 2.24) is 15.5 Å². The van der Waals surface area contributed by atoms with Gasteiger partial charge in [-0.1, -0.05) is 13.3 Å². The van der Waals surface area contributed by atoms with Gasteiger partial charge in [-0.15, -0.1) is 0 Å². The number of carboxylic acid groups (broad SMARTS) is 1. The second-order valence-corrected chi connectivity index (χ2v) is 8.08. The normalized spacial score (nSPS) is 26.1. The first kappa shape index (κ1) is 20.2. The Kier molecular flexibility index (Phi) is 5.93. The fourth-order valence-electron chi connectivity index (χ4n) is 3.78. The van der Waals surface area contributed by atoms with Crippen LogP contribution in [0.2, 0.25) is 0 Å². The molecule has 1 saturated heterocycles. The lowest BCUT2D eigenvalue weighted by atomic mass is 9.75. The molecule has 1 aliphatic heterocycles. The molecule has 26 heavy (non-hydrogen) atoms. The lowest BCUT2D eigenvalue weighted by molar-refractivity contribution is -0.138. The van der Waals surface area contributed by atoms with Gasteiger partial charge in [-0.2, -0.15) is 0 Å². The fourth-order valence-corrected chi connectivity index (χ4v) is 3.78. The molecule has 4 amide bonds. The Morgan fingerprint density at radius 3 is 2.46 bits per heavy atom. The third-order valence-electron chi connectivity index (χ3n) is 5.53. The van der Waals surface area contributed by atoms with E-state index in [4.69, 9.17) is 5.11 Å². The predicted molar refractivity (Wildman–Crippen MR) is 94.3 cm³/mol. The Balaban J connectivity index is 1.95. The van der Waals surface area contributed by atoms with E-state index in [0.29, 0.717) is 18.8 Å². The monoisotopic (exact) mass is 367 g/mol. The topological polar surface area (TPSA) is 116 Å². The Bertz CT molecular complexity index is 594. The molecule has 3 N–H and O–H groups in total. The Morgan fingerprint density at radius 1 is 1.31 bits per heavy atom. The van der Waals surface area contributed by atoms with Gasteiger partial charge in [0.05, 0.1) is 0 Å². The minimum Gasteiger partial charge on any atom is -0.481 e. The smallest absolute Gasteiger partial charge is 0.325 e. The van der Waals surface area contributed by atoms with E-state index < -0.39 is 29.0 Å². The summed E-state index contributed by atoms with van der Waals surface area (Å²) in [6.45, 7) is 5.21. The highest BCUT2D eigenvalue weighted by molar-refractivity contribution is 6.09. The molecular formula is C18H29N3O5. The first-order valence-corrected chi connectivity index (χ1v) is 9.25.